The molecule has 148 valence electrons. The van der Waals surface area contributed by atoms with Crippen LogP contribution in [-0.2, 0) is 11.8 Å². The van der Waals surface area contributed by atoms with Crippen LogP contribution in [0.15, 0.2) is 29.4 Å². The molecule has 2 aromatic heterocycles. The van der Waals surface area contributed by atoms with Crippen molar-refractivity contribution in [1.29, 1.82) is 0 Å². The second-order valence-electron chi connectivity index (χ2n) is 7.04. The molecule has 1 amide bonds. The summed E-state index contributed by atoms with van der Waals surface area (Å²) in [7, 11) is 1.86. The van der Waals surface area contributed by atoms with Crippen molar-refractivity contribution < 1.29 is 4.79 Å². The fourth-order valence-electron chi connectivity index (χ4n) is 2.81. The van der Waals surface area contributed by atoms with Gasteiger partial charge in [-0.1, -0.05) is 37.7 Å². The molecule has 2 heterocycles. The summed E-state index contributed by atoms with van der Waals surface area (Å²) in [6.45, 7) is 9.94. The third-order valence-corrected chi connectivity index (χ3v) is 5.69. The molecule has 1 aromatic carbocycles. The molecule has 9 heteroatoms. The highest BCUT2D eigenvalue weighted by Crippen LogP contribution is 2.26. The predicted octanol–water partition coefficient (Wildman–Crippen LogP) is 3.26. The van der Waals surface area contributed by atoms with E-state index in [1.165, 1.54) is 17.3 Å². The average Bonchev–Trinajstić information content (AvgIpc) is 3.21. The number of rotatable bonds is 6. The maximum Gasteiger partial charge on any atom is 0.237 e. The Hall–Kier alpha value is -2.68. The minimum absolute atomic E-state index is 0.117. The molecule has 0 aliphatic heterocycles. The Kier molecular flexibility index (Phi) is 5.83. The Bertz CT molecular complexity index is 975. The molecule has 0 unspecified atom stereocenters. The number of amides is 1. The highest BCUT2D eigenvalue weighted by Gasteiger charge is 2.21. The number of carbonyl (C=O) groups is 1. The average molecular weight is 400 g/mol. The van der Waals surface area contributed by atoms with E-state index in [1.54, 1.807) is 9.36 Å². The molecule has 1 N–H and O–H groups in total. The van der Waals surface area contributed by atoms with Crippen LogP contribution in [0.1, 0.15) is 43.6 Å². The largest absolute Gasteiger partial charge is 0.322 e. The molecule has 8 nitrogen and oxygen atoms in total. The van der Waals surface area contributed by atoms with Gasteiger partial charge in [0.1, 0.15) is 0 Å². The molecule has 0 fully saturated rings. The van der Waals surface area contributed by atoms with Crippen LogP contribution in [0.2, 0.25) is 0 Å². The van der Waals surface area contributed by atoms with Crippen molar-refractivity contribution in [2.75, 3.05) is 5.32 Å². The maximum atomic E-state index is 12.7. The normalized spacial score (nSPS) is 12.4. The molecule has 0 spiro atoms. The lowest BCUT2D eigenvalue weighted by Gasteiger charge is -2.12. The number of nitrogens with one attached hydrogen (secondary N) is 1. The van der Waals surface area contributed by atoms with Gasteiger partial charge >= 0.3 is 0 Å². The third-order valence-electron chi connectivity index (χ3n) is 4.65. The minimum atomic E-state index is -0.376. The van der Waals surface area contributed by atoms with Gasteiger partial charge in [0.05, 0.1) is 28.0 Å². The number of hydrogen-bond acceptors (Lipinski definition) is 6. The summed E-state index contributed by atoms with van der Waals surface area (Å²) in [5, 5.41) is 19.4. The molecule has 28 heavy (non-hydrogen) atoms. The first-order valence-corrected chi connectivity index (χ1v) is 10.0. The quantitative estimate of drug-likeness (QED) is 0.640. The van der Waals surface area contributed by atoms with Gasteiger partial charge in [-0.2, -0.15) is 9.78 Å². The van der Waals surface area contributed by atoms with Gasteiger partial charge in [0.25, 0.3) is 0 Å². The van der Waals surface area contributed by atoms with Gasteiger partial charge in [0.2, 0.25) is 11.1 Å². The van der Waals surface area contributed by atoms with E-state index in [2.05, 4.69) is 51.9 Å². The zero-order valence-corrected chi connectivity index (χ0v) is 17.8. The summed E-state index contributed by atoms with van der Waals surface area (Å²) in [6.07, 6.45) is 0. The van der Waals surface area contributed by atoms with E-state index in [4.69, 9.17) is 0 Å². The minimum Gasteiger partial charge on any atom is -0.322 e. The van der Waals surface area contributed by atoms with Crippen LogP contribution in [0.5, 0.6) is 0 Å². The van der Waals surface area contributed by atoms with Gasteiger partial charge in [0.15, 0.2) is 0 Å². The number of benzene rings is 1. The van der Waals surface area contributed by atoms with E-state index in [9.17, 15) is 4.79 Å². The Balaban J connectivity index is 1.73. The second kappa shape index (κ2) is 8.14. The number of thioether (sulfide) groups is 1. The van der Waals surface area contributed by atoms with Crippen LogP contribution >= 0.6 is 11.8 Å². The summed E-state index contributed by atoms with van der Waals surface area (Å²) in [4.78, 5) is 12.7. The highest BCUT2D eigenvalue weighted by molar-refractivity contribution is 8.00. The maximum absolute atomic E-state index is 12.7. The van der Waals surface area contributed by atoms with Gasteiger partial charge in [-0.3, -0.25) is 9.48 Å². The molecule has 0 radical (unpaired) electrons. The van der Waals surface area contributed by atoms with Crippen molar-refractivity contribution in [3.63, 3.8) is 0 Å². The Morgan fingerprint density at radius 2 is 1.82 bits per heavy atom. The van der Waals surface area contributed by atoms with Gasteiger partial charge in [-0.05, 0) is 54.8 Å². The van der Waals surface area contributed by atoms with Crippen molar-refractivity contribution >= 4 is 23.4 Å². The van der Waals surface area contributed by atoms with E-state index < -0.39 is 0 Å². The van der Waals surface area contributed by atoms with Crippen molar-refractivity contribution in [2.24, 2.45) is 7.05 Å². The first-order valence-electron chi connectivity index (χ1n) is 9.14. The SMILES string of the molecule is Cc1nn(C)c(C)c1NC(=O)[C@@H](C)Sc1nnnn1-c1ccc(C(C)C)cc1. The number of aryl methyl sites for hydroxylation is 2. The van der Waals surface area contributed by atoms with Gasteiger partial charge in [-0.25, -0.2) is 0 Å². The van der Waals surface area contributed by atoms with E-state index in [0.29, 0.717) is 11.1 Å². The fourth-order valence-corrected chi connectivity index (χ4v) is 3.61. The zero-order chi connectivity index (χ0) is 20.4. The van der Waals surface area contributed by atoms with E-state index in [1.807, 2.05) is 40.0 Å². The zero-order valence-electron chi connectivity index (χ0n) is 17.0. The van der Waals surface area contributed by atoms with Crippen LogP contribution in [0.3, 0.4) is 0 Å². The van der Waals surface area contributed by atoms with Gasteiger partial charge in [0, 0.05) is 7.05 Å². The Morgan fingerprint density at radius 1 is 1.14 bits per heavy atom. The van der Waals surface area contributed by atoms with E-state index in [0.717, 1.165) is 22.8 Å². The van der Waals surface area contributed by atoms with Crippen molar-refractivity contribution in [3.05, 3.63) is 41.2 Å². The summed E-state index contributed by atoms with van der Waals surface area (Å²) >= 11 is 1.32. The second-order valence-corrected chi connectivity index (χ2v) is 8.35. The lowest BCUT2D eigenvalue weighted by molar-refractivity contribution is -0.115. The Labute approximate surface area is 168 Å². The third kappa shape index (κ3) is 4.09. The van der Waals surface area contributed by atoms with E-state index >= 15 is 0 Å². The number of nitrogens with zero attached hydrogens (tertiary/aromatic N) is 6. The smallest absolute Gasteiger partial charge is 0.237 e. The van der Waals surface area contributed by atoms with Crippen molar-refractivity contribution in [1.82, 2.24) is 30.0 Å². The topological polar surface area (TPSA) is 90.5 Å². The first-order chi connectivity index (χ1) is 13.3. The lowest BCUT2D eigenvalue weighted by atomic mass is 10.0. The molecular formula is C19H25N7OS. The molecule has 1 atom stereocenters. The number of anilines is 1. The summed E-state index contributed by atoms with van der Waals surface area (Å²) in [5.41, 5.74) is 4.58. The highest BCUT2D eigenvalue weighted by atomic mass is 32.2. The van der Waals surface area contributed by atoms with Crippen LogP contribution in [0.4, 0.5) is 5.69 Å². The van der Waals surface area contributed by atoms with Crippen molar-refractivity contribution in [3.8, 4) is 5.69 Å². The summed E-state index contributed by atoms with van der Waals surface area (Å²) in [5.74, 6) is 0.341. The molecule has 3 rings (SSSR count). The van der Waals surface area contributed by atoms with Crippen LogP contribution in [0, 0.1) is 13.8 Å². The summed E-state index contributed by atoms with van der Waals surface area (Å²) < 4.78 is 3.41. The molecule has 0 aliphatic carbocycles. The van der Waals surface area contributed by atoms with Gasteiger partial charge < -0.3 is 5.32 Å². The lowest BCUT2D eigenvalue weighted by Crippen LogP contribution is -2.23. The fraction of sp³-hybridized carbons (Fsp3) is 0.421. The molecule has 0 saturated carbocycles. The van der Waals surface area contributed by atoms with Crippen LogP contribution < -0.4 is 5.32 Å². The van der Waals surface area contributed by atoms with Crippen LogP contribution in [0.25, 0.3) is 5.69 Å². The predicted molar refractivity (Wildman–Crippen MR) is 110 cm³/mol. The number of tetrazole rings is 1. The molecule has 3 aromatic rings. The molecule has 0 aliphatic rings. The van der Waals surface area contributed by atoms with Crippen molar-refractivity contribution in [2.45, 2.75) is 50.9 Å². The molecule has 0 bridgehead atoms. The first kappa shape index (κ1) is 20.1. The Morgan fingerprint density at radius 3 is 2.39 bits per heavy atom. The number of carbonyl (C=O) groups excluding carboxylic acids is 1. The number of hydrogen-bond donors (Lipinski definition) is 1. The standard InChI is InChI=1S/C19H25N7OS/c1-11(2)15-7-9-16(10-8-15)26-19(21-23-24-26)28-14(5)18(27)20-17-12(3)22-25(6)13(17)4/h7-11,14H,1-6H3,(H,20,27)/t14-/m1/s1. The van der Waals surface area contributed by atoms with Gasteiger partial charge in [-0.15, -0.1) is 5.10 Å². The summed E-state index contributed by atoms with van der Waals surface area (Å²) in [6, 6.07) is 8.12. The number of aromatic nitrogens is 6. The van der Waals surface area contributed by atoms with Crippen LogP contribution in [-0.4, -0.2) is 41.1 Å². The monoisotopic (exact) mass is 399 g/mol. The van der Waals surface area contributed by atoms with E-state index in [-0.39, 0.29) is 11.2 Å². The molecule has 0 saturated heterocycles. The molecular weight excluding hydrogens is 374 g/mol.